The maximum absolute atomic E-state index is 11.6. The van der Waals surface area contributed by atoms with Gasteiger partial charge in [-0.25, -0.2) is 9.67 Å². The molecule has 2 aromatic heterocycles. The van der Waals surface area contributed by atoms with E-state index in [-0.39, 0.29) is 6.54 Å². The molecule has 0 aliphatic heterocycles. The Morgan fingerprint density at radius 3 is 2.97 bits per heavy atom. The van der Waals surface area contributed by atoms with Crippen molar-refractivity contribution in [1.82, 2.24) is 25.2 Å². The van der Waals surface area contributed by atoms with Crippen LogP contribution in [0.25, 0.3) is 10.7 Å². The molecule has 0 unspecified atom stereocenters. The lowest BCUT2D eigenvalue weighted by Gasteiger charge is -2.08. The molecule has 3 aromatic rings. The van der Waals surface area contributed by atoms with Gasteiger partial charge in [-0.1, -0.05) is 22.9 Å². The number of ether oxygens (including phenoxy) is 3. The van der Waals surface area contributed by atoms with Gasteiger partial charge < -0.3 is 14.2 Å². The minimum absolute atomic E-state index is 0.0669. The van der Waals surface area contributed by atoms with Crippen LogP contribution >= 0.6 is 45.5 Å². The highest BCUT2D eigenvalue weighted by Gasteiger charge is 2.16. The Hall–Kier alpha value is -1.99. The van der Waals surface area contributed by atoms with Crippen molar-refractivity contribution >= 4 is 51.5 Å². The smallest absolute Gasteiger partial charge is 0.327 e. The number of halogens is 2. The average molecular weight is 550 g/mol. The van der Waals surface area contributed by atoms with Crippen LogP contribution in [0, 0.1) is 3.57 Å². The van der Waals surface area contributed by atoms with E-state index in [0.29, 0.717) is 52.9 Å². The zero-order valence-electron chi connectivity index (χ0n) is 15.4. The molecule has 0 aliphatic rings. The Morgan fingerprint density at radius 2 is 2.14 bits per heavy atom. The van der Waals surface area contributed by atoms with Crippen molar-refractivity contribution < 1.29 is 19.0 Å². The molecule has 0 bridgehead atoms. The van der Waals surface area contributed by atoms with Gasteiger partial charge in [-0.3, -0.25) is 4.79 Å². The van der Waals surface area contributed by atoms with Crippen molar-refractivity contribution in [1.29, 1.82) is 0 Å². The number of rotatable bonds is 10. The second-order valence-electron chi connectivity index (χ2n) is 5.58. The summed E-state index contributed by atoms with van der Waals surface area (Å²) in [5.41, 5.74) is 0. The van der Waals surface area contributed by atoms with Crippen LogP contribution in [0.5, 0.6) is 10.9 Å². The minimum atomic E-state index is -0.407. The maximum atomic E-state index is 11.6. The lowest BCUT2D eigenvalue weighted by molar-refractivity contribution is -0.144. The quantitative estimate of drug-likeness (QED) is 0.215. The summed E-state index contributed by atoms with van der Waals surface area (Å²) in [5.74, 6) is 0.681. The van der Waals surface area contributed by atoms with E-state index in [1.54, 1.807) is 13.1 Å². The highest BCUT2D eigenvalue weighted by Crippen LogP contribution is 2.29. The number of benzene rings is 1. The number of carbonyl (C=O) groups is 1. The topological polar surface area (TPSA) is 101 Å². The van der Waals surface area contributed by atoms with Crippen molar-refractivity contribution in [2.45, 2.75) is 19.9 Å². The van der Waals surface area contributed by atoms with Gasteiger partial charge in [-0.05, 0) is 58.1 Å². The Balaban J connectivity index is 1.48. The summed E-state index contributed by atoms with van der Waals surface area (Å²) in [6.07, 6.45) is 2.27. The van der Waals surface area contributed by atoms with E-state index in [1.165, 1.54) is 16.0 Å². The number of esters is 1. The van der Waals surface area contributed by atoms with E-state index in [4.69, 9.17) is 25.8 Å². The Bertz CT molecular complexity index is 967. The number of hydrogen-bond donors (Lipinski definition) is 0. The minimum Gasteiger partial charge on any atom is -0.492 e. The van der Waals surface area contributed by atoms with E-state index in [9.17, 15) is 4.79 Å². The van der Waals surface area contributed by atoms with E-state index >= 15 is 0 Å². The molecule has 0 atom stereocenters. The van der Waals surface area contributed by atoms with Gasteiger partial charge in [0.05, 0.1) is 35.9 Å². The van der Waals surface area contributed by atoms with E-state index < -0.39 is 5.97 Å². The summed E-state index contributed by atoms with van der Waals surface area (Å²) in [6, 6.07) is 5.61. The first-order valence-corrected chi connectivity index (χ1v) is 10.9. The summed E-state index contributed by atoms with van der Waals surface area (Å²) in [4.78, 5) is 16.6. The van der Waals surface area contributed by atoms with Crippen LogP contribution in [-0.4, -0.2) is 51.0 Å². The zero-order chi connectivity index (χ0) is 20.6. The molecule has 0 fully saturated rings. The Morgan fingerprint density at radius 1 is 1.31 bits per heavy atom. The van der Waals surface area contributed by atoms with Crippen LogP contribution in [0.2, 0.25) is 5.02 Å². The molecule has 0 amide bonds. The van der Waals surface area contributed by atoms with Gasteiger partial charge in [0.25, 0.3) is 5.19 Å². The number of hydrogen-bond acceptors (Lipinski definition) is 9. The van der Waals surface area contributed by atoms with Gasteiger partial charge in [0.2, 0.25) is 0 Å². The van der Waals surface area contributed by atoms with Crippen LogP contribution in [-0.2, 0) is 16.1 Å². The molecule has 0 N–H and O–H groups in total. The van der Waals surface area contributed by atoms with Gasteiger partial charge in [-0.2, -0.15) is 0 Å². The van der Waals surface area contributed by atoms with Crippen molar-refractivity contribution in [2.75, 3.05) is 19.8 Å². The van der Waals surface area contributed by atoms with Gasteiger partial charge in [0.15, 0.2) is 5.82 Å². The van der Waals surface area contributed by atoms with Crippen LogP contribution in [0.3, 0.4) is 0 Å². The molecule has 0 saturated heterocycles. The third-order valence-corrected chi connectivity index (χ3v) is 5.38. The van der Waals surface area contributed by atoms with Crippen molar-refractivity contribution in [2.24, 2.45) is 0 Å². The maximum Gasteiger partial charge on any atom is 0.327 e. The summed E-state index contributed by atoms with van der Waals surface area (Å²) < 4.78 is 18.7. The molecule has 29 heavy (non-hydrogen) atoms. The van der Waals surface area contributed by atoms with Crippen LogP contribution in [0.1, 0.15) is 13.3 Å². The van der Waals surface area contributed by atoms with Gasteiger partial charge >= 0.3 is 5.97 Å². The third-order valence-electron chi connectivity index (χ3n) is 3.49. The molecule has 2 heterocycles. The second kappa shape index (κ2) is 10.7. The number of nitrogens with zero attached hydrogens (tertiary/aromatic N) is 5. The van der Waals surface area contributed by atoms with Crippen molar-refractivity contribution in [3.8, 4) is 21.6 Å². The lowest BCUT2D eigenvalue weighted by Crippen LogP contribution is -2.15. The van der Waals surface area contributed by atoms with E-state index in [0.717, 1.165) is 3.57 Å². The summed E-state index contributed by atoms with van der Waals surface area (Å²) in [6.45, 7) is 2.88. The predicted octanol–water partition coefficient (Wildman–Crippen LogP) is 3.47. The lowest BCUT2D eigenvalue weighted by atomic mass is 10.3. The van der Waals surface area contributed by atoms with Crippen molar-refractivity contribution in [3.63, 3.8) is 0 Å². The first kappa shape index (κ1) is 21.7. The molecule has 0 aliphatic carbocycles. The molecule has 0 saturated carbocycles. The van der Waals surface area contributed by atoms with Crippen LogP contribution < -0.4 is 9.47 Å². The number of thiazole rings is 1. The molecular formula is C17H17ClIN5O4S. The molecule has 1 aromatic carbocycles. The molecule has 0 spiro atoms. The Kier molecular flexibility index (Phi) is 8.00. The molecule has 154 valence electrons. The molecular weight excluding hydrogens is 533 g/mol. The summed E-state index contributed by atoms with van der Waals surface area (Å²) in [7, 11) is 0. The van der Waals surface area contributed by atoms with Crippen molar-refractivity contribution in [3.05, 3.63) is 33.0 Å². The number of aromatic nitrogens is 5. The largest absolute Gasteiger partial charge is 0.492 e. The standard InChI is InChI=1S/C17H17ClIN5O4S/c1-2-26-15(25)10-24-16(21-22-23-24)14-9-20-17(29-14)28-7-3-6-27-13-8-11(19)4-5-12(13)18/h4-5,8-9H,2-3,6-7,10H2,1H3. The molecule has 0 radical (unpaired) electrons. The van der Waals surface area contributed by atoms with Gasteiger partial charge in [0.1, 0.15) is 12.3 Å². The van der Waals surface area contributed by atoms with Gasteiger partial charge in [-0.15, -0.1) is 5.10 Å². The van der Waals surface area contributed by atoms with Gasteiger partial charge in [0, 0.05) is 9.99 Å². The van der Waals surface area contributed by atoms with E-state index in [2.05, 4.69) is 43.1 Å². The first-order chi connectivity index (χ1) is 14.1. The fourth-order valence-electron chi connectivity index (χ4n) is 2.23. The molecule has 12 heteroatoms. The fourth-order valence-corrected chi connectivity index (χ4v) is 3.65. The SMILES string of the molecule is CCOC(=O)Cn1nnnc1-c1cnc(OCCCOc2cc(I)ccc2Cl)s1. The summed E-state index contributed by atoms with van der Waals surface area (Å²) >= 11 is 9.60. The first-order valence-electron chi connectivity index (χ1n) is 8.65. The molecule has 9 nitrogen and oxygen atoms in total. The predicted molar refractivity (Wildman–Crippen MR) is 115 cm³/mol. The number of carbonyl (C=O) groups excluding carboxylic acids is 1. The summed E-state index contributed by atoms with van der Waals surface area (Å²) in [5, 5.41) is 12.4. The normalized spacial score (nSPS) is 10.7. The highest BCUT2D eigenvalue weighted by molar-refractivity contribution is 14.1. The third kappa shape index (κ3) is 6.24. The average Bonchev–Trinajstić information content (AvgIpc) is 3.33. The fraction of sp³-hybridized carbons (Fsp3) is 0.353. The zero-order valence-corrected chi connectivity index (χ0v) is 19.1. The van der Waals surface area contributed by atoms with Crippen LogP contribution in [0.15, 0.2) is 24.4 Å². The van der Waals surface area contributed by atoms with Crippen LogP contribution in [0.4, 0.5) is 0 Å². The van der Waals surface area contributed by atoms with E-state index in [1.807, 2.05) is 18.2 Å². The highest BCUT2D eigenvalue weighted by atomic mass is 127. The second-order valence-corrected chi connectivity index (χ2v) is 8.23. The number of tetrazole rings is 1. The monoisotopic (exact) mass is 549 g/mol. The molecule has 3 rings (SSSR count). The Labute approximate surface area is 189 Å².